The minimum atomic E-state index is 0.372. The fourth-order valence-corrected chi connectivity index (χ4v) is 4.10. The van der Waals surface area contributed by atoms with Crippen molar-refractivity contribution in [2.75, 3.05) is 18.0 Å². The van der Waals surface area contributed by atoms with E-state index in [2.05, 4.69) is 14.9 Å². The van der Waals surface area contributed by atoms with Gasteiger partial charge < -0.3 is 4.90 Å². The number of halogens is 2. The number of anilines is 1. The molecule has 0 radical (unpaired) electrons. The van der Waals surface area contributed by atoms with Crippen molar-refractivity contribution in [2.24, 2.45) is 5.41 Å². The average molecular weight is 300 g/mol. The first kappa shape index (κ1) is 13.4. The molecular weight excluding hydrogens is 281 g/mol. The Hall–Kier alpha value is -0.540. The quantitative estimate of drug-likeness (QED) is 0.610. The molecule has 1 aliphatic heterocycles. The summed E-state index contributed by atoms with van der Waals surface area (Å²) in [5.74, 6) is 1.30. The van der Waals surface area contributed by atoms with Gasteiger partial charge in [-0.25, -0.2) is 9.97 Å². The first-order valence-electron chi connectivity index (χ1n) is 7.04. The van der Waals surface area contributed by atoms with Crippen LogP contribution in [0, 0.1) is 5.41 Å². The van der Waals surface area contributed by atoms with Crippen LogP contribution in [0.3, 0.4) is 0 Å². The number of rotatable bonds is 2. The van der Waals surface area contributed by atoms with Crippen molar-refractivity contribution in [1.29, 1.82) is 0 Å². The van der Waals surface area contributed by atoms with Crippen LogP contribution in [-0.2, 0) is 5.88 Å². The van der Waals surface area contributed by atoms with E-state index in [0.717, 1.165) is 24.5 Å². The second kappa shape index (κ2) is 5.45. The summed E-state index contributed by atoms with van der Waals surface area (Å²) in [6.07, 6.45) is 9.72. The average Bonchev–Trinajstić information content (AvgIpc) is 2.88. The highest BCUT2D eigenvalue weighted by Gasteiger charge is 2.37. The molecule has 1 spiro atoms. The Morgan fingerprint density at radius 1 is 1.11 bits per heavy atom. The van der Waals surface area contributed by atoms with Gasteiger partial charge in [-0.1, -0.05) is 24.4 Å². The molecule has 0 N–H and O–H groups in total. The number of piperidine rings is 1. The number of aromatic nitrogens is 2. The summed E-state index contributed by atoms with van der Waals surface area (Å²) in [7, 11) is 0. The van der Waals surface area contributed by atoms with Gasteiger partial charge in [-0.05, 0) is 31.1 Å². The Balaban J connectivity index is 1.76. The van der Waals surface area contributed by atoms with Crippen molar-refractivity contribution < 1.29 is 0 Å². The molecule has 1 aromatic rings. The van der Waals surface area contributed by atoms with Gasteiger partial charge in [-0.15, -0.1) is 11.6 Å². The molecule has 2 aliphatic rings. The lowest BCUT2D eigenvalue weighted by Gasteiger charge is -2.40. The van der Waals surface area contributed by atoms with Crippen molar-refractivity contribution in [3.05, 3.63) is 17.0 Å². The molecule has 0 aromatic carbocycles. The van der Waals surface area contributed by atoms with Crippen LogP contribution in [0.2, 0.25) is 5.15 Å². The van der Waals surface area contributed by atoms with E-state index in [1.807, 2.05) is 0 Å². The highest BCUT2D eigenvalue weighted by atomic mass is 35.5. The van der Waals surface area contributed by atoms with Gasteiger partial charge in [0.1, 0.15) is 17.3 Å². The van der Waals surface area contributed by atoms with E-state index < -0.39 is 0 Å². The fourth-order valence-electron chi connectivity index (χ4n) is 3.59. The van der Waals surface area contributed by atoms with Crippen LogP contribution < -0.4 is 4.90 Å². The first-order valence-corrected chi connectivity index (χ1v) is 7.96. The maximum Gasteiger partial charge on any atom is 0.138 e. The zero-order chi connectivity index (χ0) is 13.3. The van der Waals surface area contributed by atoms with E-state index in [0.29, 0.717) is 16.4 Å². The minimum Gasteiger partial charge on any atom is -0.356 e. The molecule has 3 nitrogen and oxygen atoms in total. The molecule has 3 rings (SSSR count). The van der Waals surface area contributed by atoms with Crippen LogP contribution >= 0.6 is 23.2 Å². The highest BCUT2D eigenvalue weighted by Crippen LogP contribution is 2.46. The van der Waals surface area contributed by atoms with Crippen molar-refractivity contribution in [1.82, 2.24) is 9.97 Å². The second-order valence-corrected chi connectivity index (χ2v) is 6.42. The van der Waals surface area contributed by atoms with Crippen LogP contribution in [0.15, 0.2) is 6.33 Å². The van der Waals surface area contributed by atoms with E-state index in [-0.39, 0.29) is 0 Å². The van der Waals surface area contributed by atoms with Crippen molar-refractivity contribution in [3.8, 4) is 0 Å². The molecule has 2 fully saturated rings. The lowest BCUT2D eigenvalue weighted by molar-refractivity contribution is 0.226. The SMILES string of the molecule is ClCc1c(Cl)ncnc1N1CCC2(CCCC2)CC1. The first-order chi connectivity index (χ1) is 9.24. The fraction of sp³-hybridized carbons (Fsp3) is 0.714. The van der Waals surface area contributed by atoms with Gasteiger partial charge in [-0.2, -0.15) is 0 Å². The monoisotopic (exact) mass is 299 g/mol. The van der Waals surface area contributed by atoms with Gasteiger partial charge >= 0.3 is 0 Å². The predicted octanol–water partition coefficient (Wildman–Crippen LogP) is 4.03. The summed E-state index contributed by atoms with van der Waals surface area (Å²) in [6.45, 7) is 2.13. The second-order valence-electron chi connectivity index (χ2n) is 5.79. The summed E-state index contributed by atoms with van der Waals surface area (Å²) >= 11 is 12.1. The third-order valence-corrected chi connectivity index (χ3v) is 5.38. The topological polar surface area (TPSA) is 29.0 Å². The summed E-state index contributed by atoms with van der Waals surface area (Å²) < 4.78 is 0. The molecule has 1 saturated heterocycles. The molecule has 0 amide bonds. The third-order valence-electron chi connectivity index (χ3n) is 4.79. The van der Waals surface area contributed by atoms with E-state index in [1.54, 1.807) is 0 Å². The van der Waals surface area contributed by atoms with Crippen molar-refractivity contribution in [2.45, 2.75) is 44.4 Å². The molecule has 2 heterocycles. The summed E-state index contributed by atoms with van der Waals surface area (Å²) in [5, 5.41) is 0.487. The number of nitrogens with zero attached hydrogens (tertiary/aromatic N) is 3. The Morgan fingerprint density at radius 3 is 2.42 bits per heavy atom. The van der Waals surface area contributed by atoms with E-state index >= 15 is 0 Å². The van der Waals surface area contributed by atoms with Gasteiger partial charge in [0.15, 0.2) is 0 Å². The summed E-state index contributed by atoms with van der Waals surface area (Å²) in [5.41, 5.74) is 1.49. The molecule has 0 atom stereocenters. The lowest BCUT2D eigenvalue weighted by Crippen LogP contribution is -2.39. The maximum atomic E-state index is 6.11. The standard InChI is InChI=1S/C14H19Cl2N3/c15-9-11-12(16)17-10-18-13(11)19-7-5-14(6-8-19)3-1-2-4-14/h10H,1-9H2. The van der Waals surface area contributed by atoms with E-state index in [1.165, 1.54) is 44.9 Å². The number of hydrogen-bond donors (Lipinski definition) is 0. The van der Waals surface area contributed by atoms with E-state index in [4.69, 9.17) is 23.2 Å². The lowest BCUT2D eigenvalue weighted by atomic mass is 9.77. The normalized spacial score (nSPS) is 22.1. The molecule has 0 unspecified atom stereocenters. The molecule has 1 aromatic heterocycles. The van der Waals surface area contributed by atoms with Crippen LogP contribution in [0.5, 0.6) is 0 Å². The predicted molar refractivity (Wildman–Crippen MR) is 78.9 cm³/mol. The van der Waals surface area contributed by atoms with Crippen LogP contribution in [0.25, 0.3) is 0 Å². The highest BCUT2D eigenvalue weighted by molar-refractivity contribution is 6.31. The zero-order valence-electron chi connectivity index (χ0n) is 11.0. The molecule has 5 heteroatoms. The smallest absolute Gasteiger partial charge is 0.138 e. The Morgan fingerprint density at radius 2 is 1.79 bits per heavy atom. The molecule has 19 heavy (non-hydrogen) atoms. The van der Waals surface area contributed by atoms with Gasteiger partial charge in [0, 0.05) is 18.7 Å². The van der Waals surface area contributed by atoms with Gasteiger partial charge in [0.25, 0.3) is 0 Å². The maximum absolute atomic E-state index is 6.11. The van der Waals surface area contributed by atoms with Crippen LogP contribution in [0.1, 0.15) is 44.1 Å². The number of alkyl halides is 1. The van der Waals surface area contributed by atoms with Gasteiger partial charge in [-0.3, -0.25) is 0 Å². The zero-order valence-corrected chi connectivity index (χ0v) is 12.6. The summed E-state index contributed by atoms with van der Waals surface area (Å²) in [4.78, 5) is 10.7. The molecule has 0 bridgehead atoms. The minimum absolute atomic E-state index is 0.372. The van der Waals surface area contributed by atoms with E-state index in [9.17, 15) is 0 Å². The van der Waals surface area contributed by atoms with Gasteiger partial charge in [0.05, 0.1) is 5.88 Å². The van der Waals surface area contributed by atoms with Crippen LogP contribution in [-0.4, -0.2) is 23.1 Å². The van der Waals surface area contributed by atoms with Crippen molar-refractivity contribution in [3.63, 3.8) is 0 Å². The summed E-state index contributed by atoms with van der Waals surface area (Å²) in [6, 6.07) is 0. The molecule has 1 saturated carbocycles. The molecule has 1 aliphatic carbocycles. The van der Waals surface area contributed by atoms with Gasteiger partial charge in [0.2, 0.25) is 0 Å². The number of hydrogen-bond acceptors (Lipinski definition) is 3. The third kappa shape index (κ3) is 2.55. The van der Waals surface area contributed by atoms with Crippen molar-refractivity contribution >= 4 is 29.0 Å². The largest absolute Gasteiger partial charge is 0.356 e. The van der Waals surface area contributed by atoms with Crippen LogP contribution in [0.4, 0.5) is 5.82 Å². The molecular formula is C14H19Cl2N3. The Bertz CT molecular complexity index is 448. The molecule has 104 valence electrons. The Kier molecular flexibility index (Phi) is 3.86. The Labute approximate surface area is 124 Å².